The van der Waals surface area contributed by atoms with Crippen molar-refractivity contribution in [2.75, 3.05) is 0 Å². The average Bonchev–Trinajstić information content (AvgIpc) is 2.21. The molecule has 6 heteroatoms. The zero-order valence-electron chi connectivity index (χ0n) is 8.03. The summed E-state index contributed by atoms with van der Waals surface area (Å²) in [7, 11) is 0. The molecular formula is C10H7BrN2O3. The lowest BCUT2D eigenvalue weighted by Crippen LogP contribution is -1.99. The van der Waals surface area contributed by atoms with Gasteiger partial charge in [-0.3, -0.25) is 0 Å². The largest absolute Gasteiger partial charge is 0.507 e. The van der Waals surface area contributed by atoms with Crippen LogP contribution in [-0.4, -0.2) is 5.11 Å². The smallest absolute Gasteiger partial charge is 0.336 e. The van der Waals surface area contributed by atoms with Gasteiger partial charge in [-0.1, -0.05) is 0 Å². The predicted octanol–water partition coefficient (Wildman–Crippen LogP) is 2.79. The number of hydrogen-bond acceptors (Lipinski definition) is 5. The van der Waals surface area contributed by atoms with Crippen molar-refractivity contribution in [1.82, 2.24) is 0 Å². The maximum Gasteiger partial charge on any atom is 0.336 e. The lowest BCUT2D eigenvalue weighted by atomic mass is 10.1. The number of hydrogen-bond donors (Lipinski definition) is 2. The van der Waals surface area contributed by atoms with Crippen LogP contribution in [0.2, 0.25) is 0 Å². The summed E-state index contributed by atoms with van der Waals surface area (Å²) in [6, 6.07) is 4.28. The van der Waals surface area contributed by atoms with Gasteiger partial charge in [0.1, 0.15) is 11.3 Å². The fourth-order valence-electron chi connectivity index (χ4n) is 1.45. The molecule has 0 aliphatic rings. The van der Waals surface area contributed by atoms with Crippen LogP contribution in [0, 0.1) is 5.53 Å². The molecule has 0 saturated heterocycles. The third-order valence-corrected chi connectivity index (χ3v) is 2.78. The van der Waals surface area contributed by atoms with E-state index >= 15 is 0 Å². The second-order valence-electron chi connectivity index (χ2n) is 3.21. The topological polar surface area (TPSA) is 86.7 Å². The molecular weight excluding hydrogens is 276 g/mol. The van der Waals surface area contributed by atoms with Crippen LogP contribution in [0.1, 0.15) is 5.56 Å². The molecule has 0 atom stereocenters. The van der Waals surface area contributed by atoms with Crippen LogP contribution in [0.3, 0.4) is 0 Å². The van der Waals surface area contributed by atoms with Crippen molar-refractivity contribution < 1.29 is 9.52 Å². The molecule has 0 amide bonds. The third-order valence-electron chi connectivity index (χ3n) is 2.15. The van der Waals surface area contributed by atoms with Gasteiger partial charge < -0.3 is 9.52 Å². The van der Waals surface area contributed by atoms with Gasteiger partial charge in [0.25, 0.3) is 0 Å². The van der Waals surface area contributed by atoms with Gasteiger partial charge in [0.2, 0.25) is 0 Å². The second-order valence-corrected chi connectivity index (χ2v) is 4.06. The standard InChI is InChI=1S/C10H7BrN2O3/c11-7-2-6-5(4-13-12)1-10(15)16-9(6)3-8(7)14/h1-3,12,14H,4H2. The Hall–Kier alpha value is -1.69. The predicted molar refractivity (Wildman–Crippen MR) is 60.7 cm³/mol. The zero-order valence-corrected chi connectivity index (χ0v) is 9.61. The molecule has 1 heterocycles. The summed E-state index contributed by atoms with van der Waals surface area (Å²) in [6.45, 7) is 0.110. The molecule has 1 aromatic heterocycles. The van der Waals surface area contributed by atoms with E-state index in [4.69, 9.17) is 9.95 Å². The molecule has 0 aliphatic heterocycles. The monoisotopic (exact) mass is 282 g/mol. The van der Waals surface area contributed by atoms with Gasteiger partial charge in [-0.2, -0.15) is 5.11 Å². The number of benzene rings is 1. The molecule has 1 aromatic carbocycles. The Labute approximate surface area is 98.3 Å². The molecule has 0 spiro atoms. The van der Waals surface area contributed by atoms with Gasteiger partial charge in [0.15, 0.2) is 0 Å². The number of phenolic OH excluding ortho intramolecular Hbond substituents is 1. The average molecular weight is 283 g/mol. The fraction of sp³-hybridized carbons (Fsp3) is 0.100. The number of nitrogens with zero attached hydrogens (tertiary/aromatic N) is 1. The molecule has 0 radical (unpaired) electrons. The maximum atomic E-state index is 11.2. The molecule has 16 heavy (non-hydrogen) atoms. The summed E-state index contributed by atoms with van der Waals surface area (Å²) < 4.78 is 5.45. The Morgan fingerprint density at radius 1 is 1.44 bits per heavy atom. The van der Waals surface area contributed by atoms with E-state index in [1.54, 1.807) is 6.07 Å². The molecule has 0 fully saturated rings. The molecule has 2 aromatic rings. The van der Waals surface area contributed by atoms with Crippen LogP contribution in [-0.2, 0) is 6.54 Å². The van der Waals surface area contributed by atoms with Crippen molar-refractivity contribution >= 4 is 26.9 Å². The fourth-order valence-corrected chi connectivity index (χ4v) is 1.80. The molecule has 2 N–H and O–H groups in total. The highest BCUT2D eigenvalue weighted by atomic mass is 79.9. The van der Waals surface area contributed by atoms with Crippen LogP contribution in [0.5, 0.6) is 5.75 Å². The Kier molecular flexibility index (Phi) is 2.74. The molecule has 0 bridgehead atoms. The minimum absolute atomic E-state index is 0.00406. The van der Waals surface area contributed by atoms with E-state index in [0.717, 1.165) is 0 Å². The van der Waals surface area contributed by atoms with Crippen molar-refractivity contribution in [3.8, 4) is 5.75 Å². The van der Waals surface area contributed by atoms with Crippen LogP contribution >= 0.6 is 15.9 Å². The van der Waals surface area contributed by atoms with E-state index in [9.17, 15) is 9.90 Å². The normalized spacial score (nSPS) is 10.6. The van der Waals surface area contributed by atoms with Crippen molar-refractivity contribution in [2.45, 2.75) is 6.54 Å². The van der Waals surface area contributed by atoms with Crippen LogP contribution < -0.4 is 5.63 Å². The number of halogens is 1. The van der Waals surface area contributed by atoms with E-state index in [-0.39, 0.29) is 17.9 Å². The van der Waals surface area contributed by atoms with Gasteiger partial charge in [0, 0.05) is 17.5 Å². The Bertz CT molecular complexity index is 621. The Morgan fingerprint density at radius 3 is 2.88 bits per heavy atom. The Morgan fingerprint density at radius 2 is 2.19 bits per heavy atom. The summed E-state index contributed by atoms with van der Waals surface area (Å²) in [5, 5.41) is 13.4. The van der Waals surface area contributed by atoms with E-state index in [2.05, 4.69) is 21.0 Å². The van der Waals surface area contributed by atoms with Gasteiger partial charge in [-0.25, -0.2) is 10.3 Å². The zero-order chi connectivity index (χ0) is 11.7. The summed E-state index contributed by atoms with van der Waals surface area (Å²) in [5.41, 5.74) is 7.18. The lowest BCUT2D eigenvalue weighted by molar-refractivity contribution is 0.469. The summed E-state index contributed by atoms with van der Waals surface area (Å²) in [4.78, 5) is 11.2. The quantitative estimate of drug-likeness (QED) is 0.656. The highest BCUT2D eigenvalue weighted by Gasteiger charge is 2.08. The number of aromatic hydroxyl groups is 1. The molecule has 0 unspecified atom stereocenters. The van der Waals surface area contributed by atoms with E-state index in [1.165, 1.54) is 12.1 Å². The maximum absolute atomic E-state index is 11.2. The molecule has 0 saturated carbocycles. The molecule has 82 valence electrons. The SMILES string of the molecule is N=NCc1cc(=O)oc2cc(O)c(Br)cc12. The lowest BCUT2D eigenvalue weighted by Gasteiger charge is -2.04. The second kappa shape index (κ2) is 4.05. The van der Waals surface area contributed by atoms with Gasteiger partial charge in [-0.05, 0) is 27.6 Å². The van der Waals surface area contributed by atoms with Gasteiger partial charge in [0.05, 0.1) is 11.0 Å². The van der Waals surface area contributed by atoms with Crippen molar-refractivity contribution in [2.24, 2.45) is 5.11 Å². The third kappa shape index (κ3) is 1.83. The Balaban J connectivity index is 2.84. The summed E-state index contributed by atoms with van der Waals surface area (Å²) >= 11 is 3.17. The van der Waals surface area contributed by atoms with Crippen LogP contribution in [0.25, 0.3) is 11.0 Å². The number of rotatable bonds is 2. The molecule has 5 nitrogen and oxygen atoms in total. The highest BCUT2D eigenvalue weighted by Crippen LogP contribution is 2.30. The first-order valence-electron chi connectivity index (χ1n) is 4.40. The van der Waals surface area contributed by atoms with Crippen LogP contribution in [0.15, 0.2) is 37.0 Å². The number of nitrogens with one attached hydrogen (secondary N) is 1. The van der Waals surface area contributed by atoms with Crippen molar-refractivity contribution in [3.63, 3.8) is 0 Å². The molecule has 2 rings (SSSR count). The summed E-state index contributed by atoms with van der Waals surface area (Å²) in [5.74, 6) is -0.00406. The number of fused-ring (bicyclic) bond motifs is 1. The van der Waals surface area contributed by atoms with Crippen molar-refractivity contribution in [1.29, 1.82) is 5.53 Å². The van der Waals surface area contributed by atoms with Gasteiger partial charge >= 0.3 is 5.63 Å². The van der Waals surface area contributed by atoms with E-state index in [1.807, 2.05) is 0 Å². The summed E-state index contributed by atoms with van der Waals surface area (Å²) in [6.07, 6.45) is 0. The first-order valence-corrected chi connectivity index (χ1v) is 5.19. The van der Waals surface area contributed by atoms with Crippen LogP contribution in [0.4, 0.5) is 0 Å². The number of phenols is 1. The van der Waals surface area contributed by atoms with E-state index in [0.29, 0.717) is 15.4 Å². The van der Waals surface area contributed by atoms with Crippen molar-refractivity contribution in [3.05, 3.63) is 38.7 Å². The van der Waals surface area contributed by atoms with Gasteiger partial charge in [-0.15, -0.1) is 0 Å². The minimum atomic E-state index is -0.520. The first-order chi connectivity index (χ1) is 7.61. The molecule has 0 aliphatic carbocycles. The highest BCUT2D eigenvalue weighted by molar-refractivity contribution is 9.10. The minimum Gasteiger partial charge on any atom is -0.507 e. The first kappa shape index (κ1) is 10.8. The van der Waals surface area contributed by atoms with E-state index < -0.39 is 5.63 Å².